The molecule has 13 heavy (non-hydrogen) atoms. The van der Waals surface area contributed by atoms with Gasteiger partial charge in [0.1, 0.15) is 0 Å². The maximum Gasteiger partial charge on any atom is 0.309 e. The van der Waals surface area contributed by atoms with Crippen molar-refractivity contribution in [2.24, 2.45) is 0 Å². The molecule has 0 atom stereocenters. The highest BCUT2D eigenvalue weighted by Gasteiger charge is 2.23. The average Bonchev–Trinajstić information content (AvgIpc) is 2.02. The molecule has 0 saturated heterocycles. The smallest absolute Gasteiger partial charge is 0.132 e. The van der Waals surface area contributed by atoms with Crippen molar-refractivity contribution < 1.29 is 0 Å². The fraction of sp³-hybridized carbons (Fsp3) is 0.333. The van der Waals surface area contributed by atoms with Crippen LogP contribution in [-0.2, 0) is 6.42 Å². The molecule has 0 heterocycles. The van der Waals surface area contributed by atoms with Crippen LogP contribution in [0.3, 0.4) is 0 Å². The van der Waals surface area contributed by atoms with Crippen molar-refractivity contribution in [3.63, 3.8) is 0 Å². The topological polar surface area (TPSA) is 0 Å². The van der Waals surface area contributed by atoms with E-state index in [1.165, 1.54) is 10.5 Å². The van der Waals surface area contributed by atoms with E-state index in [1.54, 1.807) is 11.2 Å². The lowest BCUT2D eigenvalue weighted by atomic mass is 10.2. The van der Waals surface area contributed by atoms with Gasteiger partial charge in [0.2, 0.25) is 0 Å². The van der Waals surface area contributed by atoms with Gasteiger partial charge in [0.25, 0.3) is 0 Å². The molecule has 0 unspecified atom stereocenters. The minimum atomic E-state index is -2.08. The summed E-state index contributed by atoms with van der Waals surface area (Å²) in [6.45, 7) is 4.06. The molecule has 0 saturated carbocycles. The number of hydrogen-bond donors (Lipinski definition) is 0. The summed E-state index contributed by atoms with van der Waals surface area (Å²) < 4.78 is 0. The van der Waals surface area contributed by atoms with Crippen molar-refractivity contribution in [3.8, 4) is 0 Å². The van der Waals surface area contributed by atoms with E-state index in [0.717, 1.165) is 6.42 Å². The van der Waals surface area contributed by atoms with Crippen LogP contribution in [0, 0.1) is 0 Å². The van der Waals surface area contributed by atoms with Crippen LogP contribution in [-0.4, -0.2) is 5.84 Å². The number of hydrogen-bond acceptors (Lipinski definition) is 1. The Kier molecular flexibility index (Phi) is 4.17. The predicted molar refractivity (Wildman–Crippen MR) is 65.0 cm³/mol. The third-order valence-electron chi connectivity index (χ3n) is 1.64. The third kappa shape index (κ3) is 3.94. The second kappa shape index (κ2) is 4.74. The maximum absolute atomic E-state index is 6.06. The van der Waals surface area contributed by atoms with Crippen LogP contribution in [0.2, 0.25) is 6.55 Å². The van der Waals surface area contributed by atoms with Gasteiger partial charge in [-0.15, -0.1) is 33.4 Å². The van der Waals surface area contributed by atoms with Crippen molar-refractivity contribution in [1.82, 2.24) is 0 Å². The van der Waals surface area contributed by atoms with Gasteiger partial charge < -0.3 is 0 Å². The molecular formula is C9H12Cl2SSi. The number of halogens is 2. The zero-order chi connectivity index (χ0) is 9.90. The molecule has 0 N–H and O–H groups in total. The Bertz CT molecular complexity index is 283. The van der Waals surface area contributed by atoms with Crippen LogP contribution in [0.15, 0.2) is 29.2 Å². The normalized spacial score (nSPS) is 11.7. The Hall–Kier alpha value is 0.367. The van der Waals surface area contributed by atoms with Gasteiger partial charge in [0.15, 0.2) is 0 Å². The lowest BCUT2D eigenvalue weighted by Gasteiger charge is -2.12. The highest BCUT2D eigenvalue weighted by Crippen LogP contribution is 2.37. The fourth-order valence-electron chi connectivity index (χ4n) is 1.09. The summed E-state index contributed by atoms with van der Waals surface area (Å²) >= 11 is 13.7. The minimum Gasteiger partial charge on any atom is -0.132 e. The minimum absolute atomic E-state index is 1.03. The molecule has 0 radical (unpaired) electrons. The van der Waals surface area contributed by atoms with Gasteiger partial charge in [-0.3, -0.25) is 0 Å². The van der Waals surface area contributed by atoms with Gasteiger partial charge in [0.05, 0.1) is 0 Å². The van der Waals surface area contributed by atoms with Crippen LogP contribution >= 0.6 is 33.4 Å². The van der Waals surface area contributed by atoms with Crippen LogP contribution in [0.4, 0.5) is 0 Å². The SMILES string of the molecule is CCc1ccccc1S[Si](C)(Cl)Cl. The molecule has 0 aliphatic heterocycles. The Morgan fingerprint density at radius 3 is 2.46 bits per heavy atom. The second-order valence-corrected chi connectivity index (χ2v) is 14.7. The quantitative estimate of drug-likeness (QED) is 0.567. The lowest BCUT2D eigenvalue weighted by molar-refractivity contribution is 1.08. The van der Waals surface area contributed by atoms with Gasteiger partial charge >= 0.3 is 5.84 Å². The molecule has 4 heteroatoms. The van der Waals surface area contributed by atoms with E-state index < -0.39 is 5.84 Å². The van der Waals surface area contributed by atoms with E-state index in [4.69, 9.17) is 22.2 Å². The molecule has 0 nitrogen and oxygen atoms in total. The monoisotopic (exact) mass is 250 g/mol. The van der Waals surface area contributed by atoms with Crippen LogP contribution in [0.1, 0.15) is 12.5 Å². The fourth-order valence-corrected chi connectivity index (χ4v) is 5.22. The Morgan fingerprint density at radius 2 is 1.92 bits per heavy atom. The van der Waals surface area contributed by atoms with Gasteiger partial charge in [0, 0.05) is 4.90 Å². The zero-order valence-electron chi connectivity index (χ0n) is 7.68. The zero-order valence-corrected chi connectivity index (χ0v) is 11.0. The van der Waals surface area contributed by atoms with E-state index in [-0.39, 0.29) is 0 Å². The van der Waals surface area contributed by atoms with Crippen LogP contribution in [0.5, 0.6) is 0 Å². The molecule has 72 valence electrons. The summed E-state index contributed by atoms with van der Waals surface area (Å²) in [4.78, 5) is 1.23. The van der Waals surface area contributed by atoms with Gasteiger partial charge in [-0.1, -0.05) is 25.1 Å². The standard InChI is InChI=1S/C9H12Cl2SSi/c1-3-8-6-4-5-7-9(8)12-13(2,10)11/h4-7H,3H2,1-2H3. The molecule has 0 bridgehead atoms. The maximum atomic E-state index is 6.06. The molecule has 0 aliphatic rings. The largest absolute Gasteiger partial charge is 0.309 e. The van der Waals surface area contributed by atoms with Crippen molar-refractivity contribution in [2.75, 3.05) is 0 Å². The molecule has 0 aromatic heterocycles. The first-order valence-corrected chi connectivity index (χ1v) is 10.2. The van der Waals surface area contributed by atoms with Crippen LogP contribution < -0.4 is 0 Å². The highest BCUT2D eigenvalue weighted by atomic mass is 35.7. The molecule has 0 aliphatic carbocycles. The first-order valence-electron chi connectivity index (χ1n) is 4.17. The first kappa shape index (κ1) is 11.4. The van der Waals surface area contributed by atoms with Gasteiger partial charge in [-0.2, -0.15) is 0 Å². The van der Waals surface area contributed by atoms with Crippen LogP contribution in [0.25, 0.3) is 0 Å². The molecule has 1 aromatic carbocycles. The van der Waals surface area contributed by atoms with Gasteiger partial charge in [-0.05, 0) is 24.6 Å². The Balaban J connectivity index is 2.87. The summed E-state index contributed by atoms with van der Waals surface area (Å²) in [7, 11) is 0. The summed E-state index contributed by atoms with van der Waals surface area (Å²) in [6, 6.07) is 8.27. The van der Waals surface area contributed by atoms with Gasteiger partial charge in [-0.25, -0.2) is 0 Å². The molecule has 0 fully saturated rings. The van der Waals surface area contributed by atoms with E-state index in [1.807, 2.05) is 18.7 Å². The predicted octanol–water partition coefficient (Wildman–Crippen LogP) is 4.39. The molecule has 1 aromatic rings. The summed E-state index contributed by atoms with van der Waals surface area (Å²) in [5.74, 6) is -2.08. The third-order valence-corrected chi connectivity index (χ3v) is 5.74. The van der Waals surface area contributed by atoms with E-state index in [9.17, 15) is 0 Å². The van der Waals surface area contributed by atoms with Crippen molar-refractivity contribution >= 4 is 39.2 Å². The molecule has 1 rings (SSSR count). The molecule has 0 spiro atoms. The Labute approximate surface area is 93.7 Å². The number of rotatable bonds is 3. The number of aryl methyl sites for hydroxylation is 1. The van der Waals surface area contributed by atoms with E-state index in [2.05, 4.69) is 19.1 Å². The summed E-state index contributed by atoms with van der Waals surface area (Å²) in [5, 5.41) is 0. The average molecular weight is 251 g/mol. The van der Waals surface area contributed by atoms with Crippen molar-refractivity contribution in [1.29, 1.82) is 0 Å². The summed E-state index contributed by atoms with van der Waals surface area (Å²) in [6.07, 6.45) is 1.03. The van der Waals surface area contributed by atoms with E-state index in [0.29, 0.717) is 0 Å². The highest BCUT2D eigenvalue weighted by molar-refractivity contribution is 8.38. The summed E-state index contributed by atoms with van der Waals surface area (Å²) in [5.41, 5.74) is 1.33. The first-order chi connectivity index (χ1) is 6.03. The van der Waals surface area contributed by atoms with Crippen molar-refractivity contribution in [3.05, 3.63) is 29.8 Å². The molecule has 0 amide bonds. The van der Waals surface area contributed by atoms with Crippen molar-refractivity contribution in [2.45, 2.75) is 24.8 Å². The second-order valence-electron chi connectivity index (χ2n) is 2.87. The van der Waals surface area contributed by atoms with E-state index >= 15 is 0 Å². The number of benzene rings is 1. The Morgan fingerprint density at radius 1 is 1.31 bits per heavy atom. The molecular weight excluding hydrogens is 239 g/mol. The lowest BCUT2D eigenvalue weighted by Crippen LogP contribution is -2.06.